The maximum absolute atomic E-state index is 11.9. The van der Waals surface area contributed by atoms with Crippen molar-refractivity contribution in [3.05, 3.63) is 0 Å². The molecule has 1 atom stereocenters. The lowest BCUT2D eigenvalue weighted by molar-refractivity contribution is -0.122. The third-order valence-corrected chi connectivity index (χ3v) is 4.61. The summed E-state index contributed by atoms with van der Waals surface area (Å²) in [6, 6.07) is 0. The number of nitrogens with one attached hydrogen (secondary N) is 1. The van der Waals surface area contributed by atoms with Crippen LogP contribution in [0.4, 0.5) is 0 Å². The fourth-order valence-electron chi connectivity index (χ4n) is 1.83. The second-order valence-corrected chi connectivity index (χ2v) is 7.48. The maximum atomic E-state index is 11.9. The number of alkyl halides is 1. The topological polar surface area (TPSA) is 29.1 Å². The van der Waals surface area contributed by atoms with Crippen molar-refractivity contribution in [1.29, 1.82) is 0 Å². The van der Waals surface area contributed by atoms with E-state index in [0.29, 0.717) is 17.8 Å². The van der Waals surface area contributed by atoms with Crippen molar-refractivity contribution in [1.82, 2.24) is 5.32 Å². The van der Waals surface area contributed by atoms with Crippen molar-refractivity contribution >= 4 is 21.8 Å². The molecule has 0 heterocycles. The third kappa shape index (κ3) is 4.99. The Morgan fingerprint density at radius 3 is 2.41 bits per heavy atom. The molecule has 0 aliphatic heterocycles. The number of amides is 1. The Morgan fingerprint density at radius 1 is 1.41 bits per heavy atom. The highest BCUT2D eigenvalue weighted by Crippen LogP contribution is 2.48. The van der Waals surface area contributed by atoms with Crippen LogP contribution in [0.1, 0.15) is 53.4 Å². The number of rotatable bonds is 6. The van der Waals surface area contributed by atoms with E-state index >= 15 is 0 Å². The molecule has 1 saturated carbocycles. The molecule has 1 fully saturated rings. The van der Waals surface area contributed by atoms with Crippen LogP contribution >= 0.6 is 15.9 Å². The minimum absolute atomic E-state index is 0.213. The van der Waals surface area contributed by atoms with Gasteiger partial charge in [0.1, 0.15) is 0 Å². The molecule has 17 heavy (non-hydrogen) atoms. The first-order chi connectivity index (χ1) is 7.79. The monoisotopic (exact) mass is 303 g/mol. The Morgan fingerprint density at radius 2 is 2.00 bits per heavy atom. The van der Waals surface area contributed by atoms with Crippen LogP contribution in [-0.4, -0.2) is 17.8 Å². The quantitative estimate of drug-likeness (QED) is 0.744. The summed E-state index contributed by atoms with van der Waals surface area (Å²) in [6.45, 7) is 9.60. The Balaban J connectivity index is 2.26. The molecule has 1 rings (SSSR count). The van der Waals surface area contributed by atoms with Gasteiger partial charge in [-0.1, -0.05) is 43.6 Å². The number of carbonyl (C=O) groups is 1. The van der Waals surface area contributed by atoms with Crippen LogP contribution in [0.2, 0.25) is 0 Å². The fourth-order valence-corrected chi connectivity index (χ4v) is 2.68. The van der Waals surface area contributed by atoms with Gasteiger partial charge in [0, 0.05) is 18.3 Å². The zero-order chi connectivity index (χ0) is 13.1. The van der Waals surface area contributed by atoms with Gasteiger partial charge in [0.2, 0.25) is 5.91 Å². The molecule has 100 valence electrons. The van der Waals surface area contributed by atoms with Crippen LogP contribution in [0.15, 0.2) is 0 Å². The van der Waals surface area contributed by atoms with E-state index in [0.717, 1.165) is 11.9 Å². The fraction of sp³-hybridized carbons (Fsp3) is 0.929. The average molecular weight is 304 g/mol. The molecule has 0 spiro atoms. The molecule has 2 nitrogen and oxygen atoms in total. The molecule has 1 N–H and O–H groups in total. The number of hydrogen-bond acceptors (Lipinski definition) is 1. The van der Waals surface area contributed by atoms with Crippen molar-refractivity contribution in [3.63, 3.8) is 0 Å². The largest absolute Gasteiger partial charge is 0.356 e. The summed E-state index contributed by atoms with van der Waals surface area (Å²) >= 11 is 3.49. The van der Waals surface area contributed by atoms with Crippen LogP contribution in [0.3, 0.4) is 0 Å². The molecule has 3 heteroatoms. The first-order valence-corrected chi connectivity index (χ1v) is 7.74. The number of halogens is 1. The smallest absolute Gasteiger partial charge is 0.220 e. The summed E-state index contributed by atoms with van der Waals surface area (Å²) in [6.07, 6.45) is 4.37. The van der Waals surface area contributed by atoms with E-state index in [2.05, 4.69) is 48.9 Å². The van der Waals surface area contributed by atoms with Crippen LogP contribution in [0, 0.1) is 16.7 Å². The van der Waals surface area contributed by atoms with E-state index in [1.165, 1.54) is 19.3 Å². The lowest BCUT2D eigenvalue weighted by Gasteiger charge is -2.27. The Bertz CT molecular complexity index is 266. The molecular weight excluding hydrogens is 278 g/mol. The third-order valence-electron chi connectivity index (χ3n) is 4.21. The van der Waals surface area contributed by atoms with Gasteiger partial charge >= 0.3 is 0 Å². The van der Waals surface area contributed by atoms with Gasteiger partial charge in [-0.2, -0.15) is 0 Å². The molecule has 1 amide bonds. The summed E-state index contributed by atoms with van der Waals surface area (Å²) in [5.74, 6) is 0.641. The van der Waals surface area contributed by atoms with Crippen molar-refractivity contribution in [3.8, 4) is 0 Å². The molecule has 0 aromatic carbocycles. The summed E-state index contributed by atoms with van der Waals surface area (Å²) in [4.78, 5) is 11.9. The molecule has 0 saturated heterocycles. The Hall–Kier alpha value is -0.0500. The second kappa shape index (κ2) is 5.73. The maximum Gasteiger partial charge on any atom is 0.220 e. The summed E-state index contributed by atoms with van der Waals surface area (Å²) in [5.41, 5.74) is 0.634. The Kier molecular flexibility index (Phi) is 5.06. The minimum atomic E-state index is 0.213. The molecule has 0 radical (unpaired) electrons. The average Bonchev–Trinajstić information content (AvgIpc) is 2.95. The normalized spacial score (nSPS) is 19.8. The highest BCUT2D eigenvalue weighted by Gasteiger charge is 2.41. The van der Waals surface area contributed by atoms with E-state index in [-0.39, 0.29) is 11.3 Å². The molecule has 1 aliphatic carbocycles. The van der Waals surface area contributed by atoms with Gasteiger partial charge in [0.25, 0.3) is 0 Å². The van der Waals surface area contributed by atoms with E-state index in [4.69, 9.17) is 0 Å². The predicted molar refractivity (Wildman–Crippen MR) is 76.3 cm³/mol. The zero-order valence-corrected chi connectivity index (χ0v) is 13.2. The van der Waals surface area contributed by atoms with Crippen LogP contribution in [-0.2, 0) is 4.79 Å². The Labute approximate surface area is 114 Å². The molecule has 1 unspecified atom stereocenters. The summed E-state index contributed by atoms with van der Waals surface area (Å²) < 4.78 is 0. The van der Waals surface area contributed by atoms with E-state index < -0.39 is 0 Å². The van der Waals surface area contributed by atoms with Crippen LogP contribution in [0.25, 0.3) is 0 Å². The van der Waals surface area contributed by atoms with Crippen LogP contribution < -0.4 is 5.32 Å². The lowest BCUT2D eigenvalue weighted by atomic mass is 9.80. The van der Waals surface area contributed by atoms with Crippen molar-refractivity contribution in [2.75, 3.05) is 11.9 Å². The minimum Gasteiger partial charge on any atom is -0.356 e. The predicted octanol–water partition coefficient (Wildman–Crippen LogP) is 3.74. The number of hydrogen-bond donors (Lipinski definition) is 1. The van der Waals surface area contributed by atoms with Crippen molar-refractivity contribution < 1.29 is 4.79 Å². The van der Waals surface area contributed by atoms with Gasteiger partial charge in [0.05, 0.1) is 0 Å². The van der Waals surface area contributed by atoms with Gasteiger partial charge < -0.3 is 5.32 Å². The van der Waals surface area contributed by atoms with Crippen molar-refractivity contribution in [2.45, 2.75) is 53.4 Å². The SMILES string of the molecule is CC(CC(=O)NCC1(CCBr)CC1)C(C)(C)C. The molecular formula is C14H26BrNO. The molecule has 1 aliphatic rings. The zero-order valence-electron chi connectivity index (χ0n) is 11.6. The van der Waals surface area contributed by atoms with Gasteiger partial charge in [-0.25, -0.2) is 0 Å². The first-order valence-electron chi connectivity index (χ1n) is 6.62. The molecule has 0 bridgehead atoms. The van der Waals surface area contributed by atoms with Gasteiger partial charge in [-0.05, 0) is 36.0 Å². The summed E-state index contributed by atoms with van der Waals surface area (Å²) in [7, 11) is 0. The van der Waals surface area contributed by atoms with Gasteiger partial charge in [-0.15, -0.1) is 0 Å². The summed E-state index contributed by atoms with van der Waals surface area (Å²) in [5, 5.41) is 4.16. The van der Waals surface area contributed by atoms with Gasteiger partial charge in [0.15, 0.2) is 0 Å². The first kappa shape index (κ1) is 15.0. The second-order valence-electron chi connectivity index (χ2n) is 6.69. The highest BCUT2D eigenvalue weighted by molar-refractivity contribution is 9.09. The molecule has 0 aromatic heterocycles. The molecule has 0 aromatic rings. The van der Waals surface area contributed by atoms with Crippen LogP contribution in [0.5, 0.6) is 0 Å². The van der Waals surface area contributed by atoms with E-state index in [1.807, 2.05) is 0 Å². The van der Waals surface area contributed by atoms with Crippen molar-refractivity contribution in [2.24, 2.45) is 16.7 Å². The highest BCUT2D eigenvalue weighted by atomic mass is 79.9. The van der Waals surface area contributed by atoms with E-state index in [9.17, 15) is 4.79 Å². The van der Waals surface area contributed by atoms with Gasteiger partial charge in [-0.3, -0.25) is 4.79 Å². The standard InChI is InChI=1S/C14H26BrNO/c1-11(13(2,3)4)9-12(17)16-10-14(5-6-14)7-8-15/h11H,5-10H2,1-4H3,(H,16,17). The van der Waals surface area contributed by atoms with E-state index in [1.54, 1.807) is 0 Å². The number of carbonyl (C=O) groups excluding carboxylic acids is 1. The lowest BCUT2D eigenvalue weighted by Crippen LogP contribution is -2.33.